The van der Waals surface area contributed by atoms with Crippen LogP contribution in [0.2, 0.25) is 0 Å². The van der Waals surface area contributed by atoms with Gasteiger partial charge in [-0.3, -0.25) is 9.52 Å². The lowest BCUT2D eigenvalue weighted by Crippen LogP contribution is -2.24. The fourth-order valence-electron chi connectivity index (χ4n) is 3.01. The Morgan fingerprint density at radius 1 is 1.06 bits per heavy atom. The number of carbonyl (C=O) groups is 1. The summed E-state index contributed by atoms with van der Waals surface area (Å²) in [5.41, 5.74) is 1.89. The van der Waals surface area contributed by atoms with Gasteiger partial charge in [-0.05, 0) is 81.6 Å². The minimum Gasteiger partial charge on any atom is -0.494 e. The van der Waals surface area contributed by atoms with Gasteiger partial charge in [0.2, 0.25) is 0 Å². The second-order valence-electron chi connectivity index (χ2n) is 7.18. The molecule has 2 aromatic carbocycles. The van der Waals surface area contributed by atoms with Crippen LogP contribution in [0, 0.1) is 6.92 Å². The number of unbranched alkanes of at least 4 members (excludes halogenated alkanes) is 1. The predicted molar refractivity (Wildman–Crippen MR) is 127 cm³/mol. The summed E-state index contributed by atoms with van der Waals surface area (Å²) >= 11 is 1.66. The van der Waals surface area contributed by atoms with Crippen LogP contribution < -0.4 is 14.8 Å². The minimum atomic E-state index is -3.76. The number of nitrogens with zero attached hydrogens (tertiary/aromatic N) is 1. The number of benzene rings is 2. The van der Waals surface area contributed by atoms with E-state index in [4.69, 9.17) is 4.74 Å². The van der Waals surface area contributed by atoms with E-state index in [-0.39, 0.29) is 10.8 Å². The van der Waals surface area contributed by atoms with Crippen LogP contribution in [0.15, 0.2) is 58.8 Å². The van der Waals surface area contributed by atoms with Crippen molar-refractivity contribution in [2.45, 2.75) is 38.0 Å². The molecule has 0 aliphatic carbocycles. The Bertz CT molecular complexity index is 1120. The van der Waals surface area contributed by atoms with Gasteiger partial charge in [0.25, 0.3) is 15.9 Å². The highest BCUT2D eigenvalue weighted by molar-refractivity contribution is 7.92. The van der Waals surface area contributed by atoms with Crippen molar-refractivity contribution in [1.82, 2.24) is 10.3 Å². The van der Waals surface area contributed by atoms with Gasteiger partial charge in [-0.1, -0.05) is 0 Å². The zero-order valence-electron chi connectivity index (χ0n) is 18.1. The normalized spacial score (nSPS) is 11.2. The van der Waals surface area contributed by atoms with E-state index >= 15 is 0 Å². The smallest absolute Gasteiger partial charge is 0.261 e. The van der Waals surface area contributed by atoms with Gasteiger partial charge < -0.3 is 10.1 Å². The van der Waals surface area contributed by atoms with Crippen LogP contribution in [0.1, 0.15) is 40.8 Å². The summed E-state index contributed by atoms with van der Waals surface area (Å²) in [4.78, 5) is 16.8. The number of thiazole rings is 1. The molecule has 3 aromatic rings. The molecule has 170 valence electrons. The van der Waals surface area contributed by atoms with Crippen LogP contribution >= 0.6 is 11.3 Å². The van der Waals surface area contributed by atoms with E-state index in [1.165, 1.54) is 24.3 Å². The molecular weight excluding hydrogens is 446 g/mol. The average Bonchev–Trinajstić information content (AvgIpc) is 3.20. The quantitative estimate of drug-likeness (QED) is 0.402. The van der Waals surface area contributed by atoms with Crippen LogP contribution in [-0.2, 0) is 16.4 Å². The zero-order chi connectivity index (χ0) is 23.0. The molecule has 0 unspecified atom stereocenters. The molecule has 0 bridgehead atoms. The number of sulfonamides is 1. The first-order valence-electron chi connectivity index (χ1n) is 10.4. The molecule has 1 heterocycles. The number of amides is 1. The summed E-state index contributed by atoms with van der Waals surface area (Å²) in [6.07, 6.45) is 2.70. The summed E-state index contributed by atoms with van der Waals surface area (Å²) < 4.78 is 33.1. The molecule has 0 spiro atoms. The summed E-state index contributed by atoms with van der Waals surface area (Å²) in [6, 6.07) is 12.6. The summed E-state index contributed by atoms with van der Waals surface area (Å²) in [5, 5.41) is 6.02. The largest absolute Gasteiger partial charge is 0.494 e. The van der Waals surface area contributed by atoms with Gasteiger partial charge in [-0.2, -0.15) is 0 Å². The molecule has 9 heteroatoms. The third-order valence-corrected chi connectivity index (χ3v) is 7.04. The van der Waals surface area contributed by atoms with Crippen LogP contribution in [0.4, 0.5) is 5.69 Å². The maximum Gasteiger partial charge on any atom is 0.261 e. The SMILES string of the molecule is CCOc1ccc(NS(=O)(=O)c2ccc(C(=O)NCCCCc3nc(C)cs3)cc2)cc1. The third kappa shape index (κ3) is 6.80. The monoisotopic (exact) mass is 473 g/mol. The molecule has 0 saturated carbocycles. The lowest BCUT2D eigenvalue weighted by Gasteiger charge is -2.10. The number of aromatic nitrogens is 1. The number of nitrogens with one attached hydrogen (secondary N) is 2. The fraction of sp³-hybridized carbons (Fsp3) is 0.304. The highest BCUT2D eigenvalue weighted by Gasteiger charge is 2.15. The number of rotatable bonds is 11. The maximum absolute atomic E-state index is 12.6. The Morgan fingerprint density at radius 2 is 1.78 bits per heavy atom. The maximum atomic E-state index is 12.6. The first-order valence-corrected chi connectivity index (χ1v) is 12.8. The van der Waals surface area contributed by atoms with E-state index in [1.807, 2.05) is 19.2 Å². The van der Waals surface area contributed by atoms with Gasteiger partial charge in [0.1, 0.15) is 5.75 Å². The van der Waals surface area contributed by atoms with Crippen LogP contribution in [0.3, 0.4) is 0 Å². The summed E-state index contributed by atoms with van der Waals surface area (Å²) in [5.74, 6) is 0.447. The van der Waals surface area contributed by atoms with Crippen molar-refractivity contribution in [3.05, 3.63) is 70.2 Å². The van der Waals surface area contributed by atoms with E-state index < -0.39 is 10.0 Å². The van der Waals surface area contributed by atoms with Gasteiger partial charge in [-0.15, -0.1) is 11.3 Å². The van der Waals surface area contributed by atoms with Crippen molar-refractivity contribution in [1.29, 1.82) is 0 Å². The van der Waals surface area contributed by atoms with Gasteiger partial charge in [0.15, 0.2) is 0 Å². The van der Waals surface area contributed by atoms with Crippen molar-refractivity contribution < 1.29 is 17.9 Å². The number of hydrogen-bond acceptors (Lipinski definition) is 6. The molecule has 32 heavy (non-hydrogen) atoms. The van der Waals surface area contributed by atoms with Gasteiger partial charge in [-0.25, -0.2) is 13.4 Å². The molecule has 3 rings (SSSR count). The molecule has 1 aromatic heterocycles. The molecular formula is C23H27N3O4S2. The minimum absolute atomic E-state index is 0.0849. The van der Waals surface area contributed by atoms with Crippen LogP contribution in [0.5, 0.6) is 5.75 Å². The Labute approximate surface area is 192 Å². The van der Waals surface area contributed by atoms with E-state index in [0.717, 1.165) is 30.0 Å². The fourth-order valence-corrected chi connectivity index (χ4v) is 4.88. The number of carbonyl (C=O) groups excluding carboxylic acids is 1. The van der Waals surface area contributed by atoms with Crippen molar-refractivity contribution in [2.24, 2.45) is 0 Å². The highest BCUT2D eigenvalue weighted by atomic mass is 32.2. The molecule has 0 saturated heterocycles. The summed E-state index contributed by atoms with van der Waals surface area (Å²) in [6.45, 7) is 4.96. The van der Waals surface area contributed by atoms with Crippen molar-refractivity contribution in [2.75, 3.05) is 17.9 Å². The van der Waals surface area contributed by atoms with Gasteiger partial charge >= 0.3 is 0 Å². The van der Waals surface area contributed by atoms with Crippen molar-refractivity contribution >= 4 is 33.0 Å². The first kappa shape index (κ1) is 23.7. The van der Waals surface area contributed by atoms with Crippen LogP contribution in [0.25, 0.3) is 0 Å². The second-order valence-corrected chi connectivity index (χ2v) is 9.81. The number of hydrogen-bond donors (Lipinski definition) is 2. The van der Waals surface area contributed by atoms with E-state index in [2.05, 4.69) is 15.0 Å². The van der Waals surface area contributed by atoms with Crippen molar-refractivity contribution in [3.8, 4) is 5.75 Å². The summed E-state index contributed by atoms with van der Waals surface area (Å²) in [7, 11) is -3.76. The molecule has 0 radical (unpaired) electrons. The van der Waals surface area contributed by atoms with Gasteiger partial charge in [0.05, 0.1) is 16.5 Å². The topological polar surface area (TPSA) is 97.4 Å². The molecule has 0 fully saturated rings. The van der Waals surface area contributed by atoms with E-state index in [1.54, 1.807) is 35.6 Å². The molecule has 0 atom stereocenters. The Kier molecular flexibility index (Phi) is 8.24. The first-order chi connectivity index (χ1) is 15.4. The number of anilines is 1. The highest BCUT2D eigenvalue weighted by Crippen LogP contribution is 2.20. The standard InChI is InChI=1S/C23H27N3O4S2/c1-3-30-20-11-9-19(10-12-20)26-32(28,29)21-13-7-18(8-14-21)23(27)24-15-5-4-6-22-25-17(2)16-31-22/h7-14,16,26H,3-6,15H2,1-2H3,(H,24,27). The predicted octanol–water partition coefficient (Wildman–Crippen LogP) is 4.40. The molecule has 0 aliphatic rings. The van der Waals surface area contributed by atoms with Crippen LogP contribution in [-0.4, -0.2) is 32.5 Å². The zero-order valence-corrected chi connectivity index (χ0v) is 19.8. The third-order valence-electron chi connectivity index (χ3n) is 4.61. The second kappa shape index (κ2) is 11.1. The van der Waals surface area contributed by atoms with Gasteiger partial charge in [0, 0.05) is 28.9 Å². The molecule has 7 nitrogen and oxygen atoms in total. The molecule has 2 N–H and O–H groups in total. The molecule has 0 aliphatic heterocycles. The van der Waals surface area contributed by atoms with E-state index in [9.17, 15) is 13.2 Å². The Hall–Kier alpha value is -2.91. The average molecular weight is 474 g/mol. The number of aryl methyl sites for hydroxylation is 2. The number of ether oxygens (including phenoxy) is 1. The molecule has 1 amide bonds. The lowest BCUT2D eigenvalue weighted by molar-refractivity contribution is 0.0953. The lowest BCUT2D eigenvalue weighted by atomic mass is 10.2. The Morgan fingerprint density at radius 3 is 2.41 bits per heavy atom. The Balaban J connectivity index is 1.48. The van der Waals surface area contributed by atoms with E-state index in [0.29, 0.717) is 30.2 Å². The van der Waals surface area contributed by atoms with Crippen molar-refractivity contribution in [3.63, 3.8) is 0 Å².